The van der Waals surface area contributed by atoms with Crippen molar-refractivity contribution >= 4 is 33.2 Å². The van der Waals surface area contributed by atoms with Gasteiger partial charge in [-0.1, -0.05) is 0 Å². The Hall–Kier alpha value is -0.390. The van der Waals surface area contributed by atoms with Gasteiger partial charge in [0.1, 0.15) is 0 Å². The third-order valence-corrected chi connectivity index (χ3v) is 4.28. The van der Waals surface area contributed by atoms with E-state index in [1.807, 2.05) is 13.1 Å². The Kier molecular flexibility index (Phi) is 3.13. The molecule has 1 aliphatic carbocycles. The molecule has 0 aliphatic heterocycles. The predicted molar refractivity (Wildman–Crippen MR) is 63.0 cm³/mol. The number of aliphatic carboxylic acids is 1. The maximum absolute atomic E-state index is 10.7. The molecule has 3 nitrogen and oxygen atoms in total. The second-order valence-electron chi connectivity index (χ2n) is 3.87. The minimum atomic E-state index is -0.667. The molecule has 2 unspecified atom stereocenters. The van der Waals surface area contributed by atoms with Gasteiger partial charge in [-0.2, -0.15) is 0 Å². The van der Waals surface area contributed by atoms with Crippen molar-refractivity contribution in [2.45, 2.75) is 19.0 Å². The van der Waals surface area contributed by atoms with Crippen molar-refractivity contribution in [3.63, 3.8) is 0 Å². The number of carbonyl (C=O) groups is 1. The normalized spacial score (nSPS) is 24.5. The van der Waals surface area contributed by atoms with Crippen molar-refractivity contribution in [2.24, 2.45) is 5.92 Å². The van der Waals surface area contributed by atoms with E-state index in [1.54, 1.807) is 11.3 Å². The predicted octanol–water partition coefficient (Wildman–Crippen LogP) is 2.42. The Morgan fingerprint density at radius 3 is 2.93 bits per heavy atom. The minimum Gasteiger partial charge on any atom is -0.481 e. The molecule has 1 aromatic rings. The average Bonchev–Trinajstić information content (AvgIpc) is 2.86. The summed E-state index contributed by atoms with van der Waals surface area (Å²) < 4.78 is 1.12. The van der Waals surface area contributed by atoms with Crippen LogP contribution in [0.25, 0.3) is 0 Å². The van der Waals surface area contributed by atoms with Gasteiger partial charge in [0.05, 0.1) is 9.70 Å². The van der Waals surface area contributed by atoms with Crippen molar-refractivity contribution in [1.82, 2.24) is 4.90 Å². The van der Waals surface area contributed by atoms with Gasteiger partial charge in [0.15, 0.2) is 0 Å². The highest BCUT2D eigenvalue weighted by atomic mass is 79.9. The molecular formula is C10H12BrNO2S. The summed E-state index contributed by atoms with van der Waals surface area (Å²) in [5.41, 5.74) is 0. The molecule has 0 aromatic carbocycles. The highest BCUT2D eigenvalue weighted by molar-refractivity contribution is 9.11. The molecule has 82 valence electrons. The number of hydrogen-bond acceptors (Lipinski definition) is 3. The zero-order valence-corrected chi connectivity index (χ0v) is 10.7. The molecule has 1 aromatic heterocycles. The van der Waals surface area contributed by atoms with Crippen molar-refractivity contribution in [2.75, 3.05) is 7.05 Å². The molecule has 1 heterocycles. The van der Waals surface area contributed by atoms with Gasteiger partial charge in [-0.3, -0.25) is 9.69 Å². The molecule has 15 heavy (non-hydrogen) atoms. The Bertz CT molecular complexity index is 379. The van der Waals surface area contributed by atoms with Crippen LogP contribution >= 0.6 is 27.3 Å². The van der Waals surface area contributed by atoms with Gasteiger partial charge in [-0.05, 0) is 41.5 Å². The lowest BCUT2D eigenvalue weighted by atomic mass is 10.3. The van der Waals surface area contributed by atoms with E-state index < -0.39 is 5.97 Å². The van der Waals surface area contributed by atoms with Crippen LogP contribution in [0.4, 0.5) is 0 Å². The van der Waals surface area contributed by atoms with Gasteiger partial charge < -0.3 is 5.11 Å². The molecule has 1 N–H and O–H groups in total. The summed E-state index contributed by atoms with van der Waals surface area (Å²) >= 11 is 5.11. The van der Waals surface area contributed by atoms with E-state index in [-0.39, 0.29) is 12.0 Å². The first-order valence-electron chi connectivity index (χ1n) is 4.75. The summed E-state index contributed by atoms with van der Waals surface area (Å²) in [6.07, 6.45) is 0.790. The number of nitrogens with zero attached hydrogens (tertiary/aromatic N) is 1. The molecule has 2 rings (SSSR count). The molecule has 1 aliphatic rings. The lowest BCUT2D eigenvalue weighted by Gasteiger charge is -2.14. The summed E-state index contributed by atoms with van der Waals surface area (Å²) in [6.45, 7) is 0.838. The van der Waals surface area contributed by atoms with Crippen LogP contribution in [0.15, 0.2) is 15.9 Å². The van der Waals surface area contributed by atoms with Crippen LogP contribution in [0.1, 0.15) is 11.3 Å². The van der Waals surface area contributed by atoms with Gasteiger partial charge in [0.25, 0.3) is 0 Å². The molecule has 1 fully saturated rings. The summed E-state index contributed by atoms with van der Waals surface area (Å²) in [5, 5.41) is 8.81. The van der Waals surface area contributed by atoms with E-state index in [2.05, 4.69) is 26.9 Å². The largest absolute Gasteiger partial charge is 0.481 e. The van der Waals surface area contributed by atoms with E-state index >= 15 is 0 Å². The summed E-state index contributed by atoms with van der Waals surface area (Å²) in [4.78, 5) is 14.1. The van der Waals surface area contributed by atoms with Crippen molar-refractivity contribution in [3.8, 4) is 0 Å². The maximum Gasteiger partial charge on any atom is 0.308 e. The van der Waals surface area contributed by atoms with Crippen LogP contribution < -0.4 is 0 Å². The first-order valence-corrected chi connectivity index (χ1v) is 6.36. The average molecular weight is 290 g/mol. The third kappa shape index (κ3) is 2.59. The smallest absolute Gasteiger partial charge is 0.308 e. The standard InChI is InChI=1S/C10H12BrNO2S/c1-12(8-4-7(8)10(13)14)5-6-2-3-9(11)15-6/h2-3,7-8H,4-5H2,1H3,(H,13,14). The fourth-order valence-corrected chi connectivity index (χ4v) is 3.28. The molecule has 1 saturated carbocycles. The maximum atomic E-state index is 10.7. The number of thiophene rings is 1. The van der Waals surface area contributed by atoms with E-state index in [1.165, 1.54) is 4.88 Å². The van der Waals surface area contributed by atoms with Gasteiger partial charge in [-0.15, -0.1) is 11.3 Å². The molecule has 0 saturated heterocycles. The summed E-state index contributed by atoms with van der Waals surface area (Å²) in [5.74, 6) is -0.822. The lowest BCUT2D eigenvalue weighted by Crippen LogP contribution is -2.23. The second kappa shape index (κ2) is 4.23. The molecule has 0 spiro atoms. The van der Waals surface area contributed by atoms with Crippen molar-refractivity contribution < 1.29 is 9.90 Å². The van der Waals surface area contributed by atoms with Crippen molar-refractivity contribution in [1.29, 1.82) is 0 Å². The van der Waals surface area contributed by atoms with Crippen LogP contribution in [0, 0.1) is 5.92 Å². The first-order chi connectivity index (χ1) is 7.08. The second-order valence-corrected chi connectivity index (χ2v) is 6.42. The van der Waals surface area contributed by atoms with Gasteiger partial charge in [0.2, 0.25) is 0 Å². The van der Waals surface area contributed by atoms with Crippen LogP contribution in [-0.2, 0) is 11.3 Å². The molecular weight excluding hydrogens is 278 g/mol. The van der Waals surface area contributed by atoms with E-state index in [0.717, 1.165) is 16.8 Å². The Balaban J connectivity index is 1.89. The first kappa shape index (κ1) is 11.1. The van der Waals surface area contributed by atoms with E-state index in [0.29, 0.717) is 0 Å². The number of carboxylic acids is 1. The molecule has 2 atom stereocenters. The molecule has 0 bridgehead atoms. The number of hydrogen-bond donors (Lipinski definition) is 1. The SMILES string of the molecule is CN(Cc1ccc(Br)s1)C1CC1C(=O)O. The van der Waals surface area contributed by atoms with Crippen LogP contribution in [0.3, 0.4) is 0 Å². The third-order valence-electron chi connectivity index (χ3n) is 2.67. The zero-order valence-electron chi connectivity index (χ0n) is 8.31. The highest BCUT2D eigenvalue weighted by Crippen LogP contribution is 2.36. The molecule has 5 heteroatoms. The fraction of sp³-hybridized carbons (Fsp3) is 0.500. The summed E-state index contributed by atoms with van der Waals surface area (Å²) in [6, 6.07) is 4.32. The summed E-state index contributed by atoms with van der Waals surface area (Å²) in [7, 11) is 1.99. The Morgan fingerprint density at radius 2 is 2.47 bits per heavy atom. The van der Waals surface area contributed by atoms with Crippen LogP contribution in [-0.4, -0.2) is 29.1 Å². The van der Waals surface area contributed by atoms with Gasteiger partial charge in [0, 0.05) is 17.5 Å². The zero-order chi connectivity index (χ0) is 11.0. The Morgan fingerprint density at radius 1 is 1.73 bits per heavy atom. The lowest BCUT2D eigenvalue weighted by molar-refractivity contribution is -0.138. The number of halogens is 1. The Labute approximate surface area is 101 Å². The fourth-order valence-electron chi connectivity index (χ4n) is 1.73. The monoisotopic (exact) mass is 289 g/mol. The van der Waals surface area contributed by atoms with Gasteiger partial charge in [-0.25, -0.2) is 0 Å². The van der Waals surface area contributed by atoms with E-state index in [4.69, 9.17) is 5.11 Å². The topological polar surface area (TPSA) is 40.5 Å². The minimum absolute atomic E-state index is 0.154. The number of rotatable bonds is 4. The van der Waals surface area contributed by atoms with Gasteiger partial charge >= 0.3 is 5.97 Å². The molecule has 0 amide bonds. The molecule has 0 radical (unpaired) electrons. The van der Waals surface area contributed by atoms with E-state index in [9.17, 15) is 4.79 Å². The quantitative estimate of drug-likeness (QED) is 0.925. The van der Waals surface area contributed by atoms with Crippen LogP contribution in [0.5, 0.6) is 0 Å². The van der Waals surface area contributed by atoms with Crippen LogP contribution in [0.2, 0.25) is 0 Å². The van der Waals surface area contributed by atoms with Crippen molar-refractivity contribution in [3.05, 3.63) is 20.8 Å². The highest BCUT2D eigenvalue weighted by Gasteiger charge is 2.45. The number of carboxylic acid groups (broad SMARTS) is 1.